The lowest BCUT2D eigenvalue weighted by molar-refractivity contribution is 0.881. The lowest BCUT2D eigenvalue weighted by Crippen LogP contribution is -1.85. The summed E-state index contributed by atoms with van der Waals surface area (Å²) in [6.45, 7) is 0. The maximum atomic E-state index is 8.96. The second kappa shape index (κ2) is 4.68. The van der Waals surface area contributed by atoms with Gasteiger partial charge in [0.2, 0.25) is 5.82 Å². The Morgan fingerprint density at radius 1 is 1.38 bits per heavy atom. The highest BCUT2D eigenvalue weighted by Gasteiger charge is 2.05. The predicted molar refractivity (Wildman–Crippen MR) is 61.8 cm³/mol. The number of rotatable bonds is 2. The van der Waals surface area contributed by atoms with E-state index in [4.69, 9.17) is 5.26 Å². The molecule has 0 amide bonds. The number of tetrazole rings is 1. The summed E-state index contributed by atoms with van der Waals surface area (Å²) in [5.74, 6) is 0.297. The molecule has 0 unspecified atom stereocenters. The van der Waals surface area contributed by atoms with Crippen molar-refractivity contribution in [3.8, 4) is 6.07 Å². The van der Waals surface area contributed by atoms with Crippen LogP contribution in [0.2, 0.25) is 0 Å². The minimum Gasteiger partial charge on any atom is -0.192 e. The van der Waals surface area contributed by atoms with Crippen molar-refractivity contribution in [2.45, 2.75) is 0 Å². The van der Waals surface area contributed by atoms with Crippen LogP contribution >= 0.6 is 15.9 Å². The van der Waals surface area contributed by atoms with Crippen molar-refractivity contribution >= 4 is 27.6 Å². The normalized spacial score (nSPS) is 11.1. The van der Waals surface area contributed by atoms with Crippen LogP contribution in [0.5, 0.6) is 0 Å². The van der Waals surface area contributed by atoms with Crippen LogP contribution in [0.15, 0.2) is 28.7 Å². The summed E-state index contributed by atoms with van der Waals surface area (Å²) in [6, 6.07) is 9.61. The van der Waals surface area contributed by atoms with Crippen molar-refractivity contribution in [1.82, 2.24) is 20.6 Å². The Kier molecular flexibility index (Phi) is 3.08. The second-order valence-corrected chi connectivity index (χ2v) is 3.87. The molecule has 0 fully saturated rings. The molecule has 0 spiro atoms. The first-order valence-electron chi connectivity index (χ1n) is 4.41. The summed E-state index contributed by atoms with van der Waals surface area (Å²) in [5, 5.41) is 22.2. The van der Waals surface area contributed by atoms with E-state index in [1.54, 1.807) is 6.08 Å². The van der Waals surface area contributed by atoms with E-state index in [1.807, 2.05) is 30.3 Å². The quantitative estimate of drug-likeness (QED) is 0.851. The van der Waals surface area contributed by atoms with Gasteiger partial charge < -0.3 is 0 Å². The zero-order chi connectivity index (χ0) is 11.4. The van der Waals surface area contributed by atoms with Crippen LogP contribution in [0.1, 0.15) is 11.4 Å². The van der Waals surface area contributed by atoms with Crippen LogP contribution in [0.25, 0.3) is 11.6 Å². The molecule has 6 heteroatoms. The minimum absolute atomic E-state index is 0.297. The Morgan fingerprint density at radius 2 is 2.12 bits per heavy atom. The van der Waals surface area contributed by atoms with Crippen molar-refractivity contribution in [1.29, 1.82) is 5.26 Å². The number of allylic oxidation sites excluding steroid dienone is 1. The number of aromatic nitrogens is 4. The van der Waals surface area contributed by atoms with E-state index < -0.39 is 0 Å². The molecule has 1 N–H and O–H groups in total. The van der Waals surface area contributed by atoms with Gasteiger partial charge in [0.15, 0.2) is 0 Å². The van der Waals surface area contributed by atoms with Crippen molar-refractivity contribution in [3.63, 3.8) is 0 Å². The van der Waals surface area contributed by atoms with Crippen LogP contribution in [0.4, 0.5) is 0 Å². The summed E-state index contributed by atoms with van der Waals surface area (Å²) < 4.78 is 0.989. The molecule has 78 valence electrons. The Balaban J connectivity index is 2.36. The minimum atomic E-state index is 0.297. The molecule has 0 saturated carbocycles. The summed E-state index contributed by atoms with van der Waals surface area (Å²) in [7, 11) is 0. The van der Waals surface area contributed by atoms with E-state index in [9.17, 15) is 0 Å². The zero-order valence-corrected chi connectivity index (χ0v) is 9.64. The predicted octanol–water partition coefficient (Wildman–Crippen LogP) is 2.03. The first-order chi connectivity index (χ1) is 7.79. The van der Waals surface area contributed by atoms with Gasteiger partial charge in [0.05, 0.1) is 0 Å². The average molecular weight is 276 g/mol. The fourth-order valence-electron chi connectivity index (χ4n) is 1.15. The molecular formula is C10H6BrN5. The zero-order valence-electron chi connectivity index (χ0n) is 8.05. The maximum absolute atomic E-state index is 8.96. The number of nitriles is 1. The van der Waals surface area contributed by atoms with Gasteiger partial charge in [0.25, 0.3) is 0 Å². The molecule has 1 aromatic heterocycles. The Hall–Kier alpha value is -2.00. The van der Waals surface area contributed by atoms with Crippen molar-refractivity contribution in [2.75, 3.05) is 0 Å². The smallest absolute Gasteiger partial charge is 0.192 e. The highest BCUT2D eigenvalue weighted by Crippen LogP contribution is 2.15. The van der Waals surface area contributed by atoms with Gasteiger partial charge in [-0.2, -0.15) is 10.5 Å². The van der Waals surface area contributed by atoms with E-state index in [-0.39, 0.29) is 0 Å². The molecule has 0 radical (unpaired) electrons. The van der Waals surface area contributed by atoms with Gasteiger partial charge in [-0.05, 0) is 29.0 Å². The number of hydrogen-bond acceptors (Lipinski definition) is 4. The van der Waals surface area contributed by atoms with Gasteiger partial charge in [-0.15, -0.1) is 10.2 Å². The van der Waals surface area contributed by atoms with Crippen LogP contribution < -0.4 is 0 Å². The molecule has 2 aromatic rings. The fourth-order valence-corrected chi connectivity index (χ4v) is 1.41. The fraction of sp³-hybridized carbons (Fsp3) is 0. The number of benzene rings is 1. The number of H-pyrrole nitrogens is 1. The molecule has 0 atom stereocenters. The number of aromatic amines is 1. The van der Waals surface area contributed by atoms with Gasteiger partial charge >= 0.3 is 0 Å². The van der Waals surface area contributed by atoms with E-state index in [0.29, 0.717) is 11.4 Å². The van der Waals surface area contributed by atoms with Gasteiger partial charge in [0, 0.05) is 4.47 Å². The molecule has 0 aliphatic carbocycles. The highest BCUT2D eigenvalue weighted by molar-refractivity contribution is 9.10. The maximum Gasteiger partial charge on any atom is 0.215 e. The third-order valence-corrected chi connectivity index (χ3v) is 2.42. The summed E-state index contributed by atoms with van der Waals surface area (Å²) in [6.07, 6.45) is 1.71. The van der Waals surface area contributed by atoms with Crippen LogP contribution in [0, 0.1) is 11.3 Å². The number of nitrogens with zero attached hydrogens (tertiary/aromatic N) is 4. The number of nitrogens with one attached hydrogen (secondary N) is 1. The molecule has 0 saturated heterocycles. The van der Waals surface area contributed by atoms with Gasteiger partial charge in [-0.3, -0.25) is 0 Å². The third-order valence-electron chi connectivity index (χ3n) is 1.89. The van der Waals surface area contributed by atoms with E-state index in [2.05, 4.69) is 36.6 Å². The van der Waals surface area contributed by atoms with Crippen LogP contribution in [-0.2, 0) is 0 Å². The standard InChI is InChI=1S/C10H6BrN5/c11-9-3-1-7(2-4-9)5-8(6-12)10-13-15-16-14-10/h1-5H,(H,13,14,15,16)/b8-5-. The molecule has 1 aromatic carbocycles. The lowest BCUT2D eigenvalue weighted by atomic mass is 10.1. The largest absolute Gasteiger partial charge is 0.215 e. The number of hydrogen-bond donors (Lipinski definition) is 1. The summed E-state index contributed by atoms with van der Waals surface area (Å²) in [5.41, 5.74) is 1.28. The summed E-state index contributed by atoms with van der Waals surface area (Å²) in [4.78, 5) is 0. The molecule has 16 heavy (non-hydrogen) atoms. The molecule has 0 aliphatic rings. The first-order valence-corrected chi connectivity index (χ1v) is 5.20. The van der Waals surface area contributed by atoms with Gasteiger partial charge in [-0.1, -0.05) is 28.1 Å². The molecule has 5 nitrogen and oxygen atoms in total. The van der Waals surface area contributed by atoms with Gasteiger partial charge in [-0.25, -0.2) is 0 Å². The molecule has 1 heterocycles. The van der Waals surface area contributed by atoms with Crippen molar-refractivity contribution in [2.24, 2.45) is 0 Å². The van der Waals surface area contributed by atoms with Crippen molar-refractivity contribution in [3.05, 3.63) is 40.1 Å². The first kappa shape index (κ1) is 10.5. The van der Waals surface area contributed by atoms with Crippen molar-refractivity contribution < 1.29 is 0 Å². The number of halogens is 1. The van der Waals surface area contributed by atoms with E-state index >= 15 is 0 Å². The molecular weight excluding hydrogens is 270 g/mol. The third kappa shape index (κ3) is 2.32. The van der Waals surface area contributed by atoms with Gasteiger partial charge in [0.1, 0.15) is 11.6 Å². The lowest BCUT2D eigenvalue weighted by Gasteiger charge is -1.94. The topological polar surface area (TPSA) is 78.2 Å². The van der Waals surface area contributed by atoms with Crippen LogP contribution in [-0.4, -0.2) is 20.6 Å². The summed E-state index contributed by atoms with van der Waals surface area (Å²) >= 11 is 3.34. The average Bonchev–Trinajstić information content (AvgIpc) is 2.82. The second-order valence-electron chi connectivity index (χ2n) is 2.96. The Bertz CT molecular complexity index is 536. The SMILES string of the molecule is N#C/C(=C/c1ccc(Br)cc1)c1nn[nH]n1. The monoisotopic (exact) mass is 275 g/mol. The molecule has 0 aliphatic heterocycles. The Morgan fingerprint density at radius 3 is 2.69 bits per heavy atom. The molecule has 2 rings (SSSR count). The molecule has 0 bridgehead atoms. The highest BCUT2D eigenvalue weighted by atomic mass is 79.9. The van der Waals surface area contributed by atoms with E-state index in [0.717, 1.165) is 10.0 Å². The Labute approximate surface area is 99.9 Å². The van der Waals surface area contributed by atoms with E-state index in [1.165, 1.54) is 0 Å². The van der Waals surface area contributed by atoms with Crippen LogP contribution in [0.3, 0.4) is 0 Å².